The number of aryl methyl sites for hydroxylation is 1. The van der Waals surface area contributed by atoms with Gasteiger partial charge in [0.05, 0.1) is 0 Å². The second-order valence-electron chi connectivity index (χ2n) is 3.95. The first kappa shape index (κ1) is 29.3. The van der Waals surface area contributed by atoms with Gasteiger partial charge in [0.25, 0.3) is 0 Å². The van der Waals surface area contributed by atoms with Gasteiger partial charge in [-0.05, 0) is 0 Å². The van der Waals surface area contributed by atoms with Crippen LogP contribution in [0.5, 0.6) is 0 Å². The van der Waals surface area contributed by atoms with Crippen LogP contribution < -0.4 is 0 Å². The van der Waals surface area contributed by atoms with Gasteiger partial charge in [-0.3, -0.25) is 0 Å². The Morgan fingerprint density at radius 3 is 1.18 bits per heavy atom. The van der Waals surface area contributed by atoms with Gasteiger partial charge in [0.15, 0.2) is 0 Å². The standard InChI is InChI=1S/C7H9.C5H5.3C2H6N.Ti/c1-2-7-5-3-4-6-7;1-2-4-5-3-1;3*1-3-2;/h3-6H,2H2,1H3;1-5H;3*1-2H3;/q5*-1;. The fraction of sp³-hybridized carbons (Fsp3) is 0.444. The van der Waals surface area contributed by atoms with Crippen molar-refractivity contribution in [3.8, 4) is 0 Å². The first-order valence-corrected chi connectivity index (χ1v) is 6.99. The molecule has 0 aliphatic carbocycles. The molecule has 0 fully saturated rings. The first-order chi connectivity index (χ1) is 10.2. The molecule has 2 rings (SSSR count). The second kappa shape index (κ2) is 32.3. The van der Waals surface area contributed by atoms with Crippen molar-refractivity contribution in [3.05, 3.63) is 76.1 Å². The summed E-state index contributed by atoms with van der Waals surface area (Å²) >= 11 is 0. The zero-order chi connectivity index (χ0) is 16.8. The molecular formula is C18H32N3Ti-5. The zero-order valence-electron chi connectivity index (χ0n) is 15.2. The Bertz CT molecular complexity index is 283. The van der Waals surface area contributed by atoms with E-state index in [2.05, 4.69) is 47.1 Å². The van der Waals surface area contributed by atoms with Crippen LogP contribution in [0.15, 0.2) is 54.6 Å². The molecule has 0 amide bonds. The van der Waals surface area contributed by atoms with E-state index in [0.29, 0.717) is 0 Å². The van der Waals surface area contributed by atoms with Crippen molar-refractivity contribution in [1.29, 1.82) is 0 Å². The van der Waals surface area contributed by atoms with Crippen molar-refractivity contribution < 1.29 is 21.7 Å². The Hall–Kier alpha value is -0.706. The summed E-state index contributed by atoms with van der Waals surface area (Å²) in [5, 5.41) is 10.5. The summed E-state index contributed by atoms with van der Waals surface area (Å²) in [7, 11) is 10.5. The topological polar surface area (TPSA) is 42.3 Å². The van der Waals surface area contributed by atoms with Crippen LogP contribution in [0.2, 0.25) is 0 Å². The maximum atomic E-state index is 3.50. The van der Waals surface area contributed by atoms with Gasteiger partial charge in [-0.2, -0.15) is 78.2 Å². The van der Waals surface area contributed by atoms with Crippen molar-refractivity contribution in [1.82, 2.24) is 0 Å². The minimum absolute atomic E-state index is 0. The average molecular weight is 338 g/mol. The molecular weight excluding hydrogens is 306 g/mol. The van der Waals surface area contributed by atoms with Crippen molar-refractivity contribution in [3.63, 3.8) is 0 Å². The average Bonchev–Trinajstić information content (AvgIpc) is 3.18. The van der Waals surface area contributed by atoms with Gasteiger partial charge >= 0.3 is 0 Å². The van der Waals surface area contributed by atoms with E-state index in [1.807, 2.05) is 30.3 Å². The van der Waals surface area contributed by atoms with E-state index in [-0.39, 0.29) is 21.7 Å². The minimum Gasteiger partial charge on any atom is -0.668 e. The maximum absolute atomic E-state index is 3.50. The molecule has 0 bridgehead atoms. The zero-order valence-corrected chi connectivity index (χ0v) is 16.8. The molecule has 0 aromatic heterocycles. The largest absolute Gasteiger partial charge is 0.668 e. The Morgan fingerprint density at radius 1 is 0.727 bits per heavy atom. The fourth-order valence-corrected chi connectivity index (χ4v) is 0.970. The first-order valence-electron chi connectivity index (χ1n) is 6.99. The molecule has 4 heteroatoms. The van der Waals surface area contributed by atoms with Gasteiger partial charge < -0.3 is 16.0 Å². The summed E-state index contributed by atoms with van der Waals surface area (Å²) < 4.78 is 0. The van der Waals surface area contributed by atoms with Crippen LogP contribution in [0.1, 0.15) is 12.5 Å². The van der Waals surface area contributed by atoms with Gasteiger partial charge in [-0.25, -0.2) is 24.3 Å². The molecule has 2 aromatic carbocycles. The predicted octanol–water partition coefficient (Wildman–Crippen LogP) is 5.23. The van der Waals surface area contributed by atoms with Crippen LogP contribution in [0.4, 0.5) is 0 Å². The summed E-state index contributed by atoms with van der Waals surface area (Å²) in [5.41, 5.74) is 1.43. The van der Waals surface area contributed by atoms with Crippen molar-refractivity contribution in [2.75, 3.05) is 42.3 Å². The molecule has 0 spiro atoms. The quantitative estimate of drug-likeness (QED) is 0.505. The molecule has 0 heterocycles. The molecule has 0 saturated carbocycles. The summed E-state index contributed by atoms with van der Waals surface area (Å²) in [6.07, 6.45) is 1.16. The van der Waals surface area contributed by atoms with E-state index in [1.54, 1.807) is 42.3 Å². The molecule has 0 aliphatic heterocycles. The Balaban J connectivity index is -0.0000000969. The molecule has 0 saturated heterocycles. The van der Waals surface area contributed by atoms with Crippen LogP contribution in [0.25, 0.3) is 16.0 Å². The summed E-state index contributed by atoms with van der Waals surface area (Å²) in [6, 6.07) is 18.4. The van der Waals surface area contributed by atoms with Gasteiger partial charge in [0.1, 0.15) is 0 Å². The third kappa shape index (κ3) is 36.5. The summed E-state index contributed by atoms with van der Waals surface area (Å²) in [6.45, 7) is 2.16. The molecule has 0 aliphatic rings. The molecule has 22 heavy (non-hydrogen) atoms. The van der Waals surface area contributed by atoms with Crippen molar-refractivity contribution in [2.24, 2.45) is 0 Å². The minimum atomic E-state index is 0. The third-order valence-electron chi connectivity index (χ3n) is 1.70. The Morgan fingerprint density at radius 2 is 1.05 bits per heavy atom. The molecule has 3 nitrogen and oxygen atoms in total. The molecule has 0 atom stereocenters. The van der Waals surface area contributed by atoms with Gasteiger partial charge in [-0.1, -0.05) is 13.3 Å². The Kier molecular flexibility index (Phi) is 43.0. The van der Waals surface area contributed by atoms with Gasteiger partial charge in [0.2, 0.25) is 0 Å². The van der Waals surface area contributed by atoms with E-state index >= 15 is 0 Å². The molecule has 0 radical (unpaired) electrons. The van der Waals surface area contributed by atoms with Crippen molar-refractivity contribution in [2.45, 2.75) is 13.3 Å². The second-order valence-corrected chi connectivity index (χ2v) is 3.95. The monoisotopic (exact) mass is 338 g/mol. The van der Waals surface area contributed by atoms with E-state index in [1.165, 1.54) is 5.56 Å². The summed E-state index contributed by atoms with van der Waals surface area (Å²) in [4.78, 5) is 0. The number of hydrogen-bond donors (Lipinski definition) is 0. The fourth-order valence-electron chi connectivity index (χ4n) is 0.970. The third-order valence-corrected chi connectivity index (χ3v) is 1.70. The Labute approximate surface area is 153 Å². The molecule has 0 N–H and O–H groups in total. The maximum Gasteiger partial charge on any atom is 0 e. The number of hydrogen-bond acceptors (Lipinski definition) is 0. The number of nitrogens with zero attached hydrogens (tertiary/aromatic N) is 3. The van der Waals surface area contributed by atoms with E-state index in [9.17, 15) is 0 Å². The van der Waals surface area contributed by atoms with Crippen LogP contribution in [-0.4, -0.2) is 42.3 Å². The molecule has 2 aromatic rings. The van der Waals surface area contributed by atoms with Gasteiger partial charge in [0, 0.05) is 21.7 Å². The SMILES string of the molecule is CC[c-]1cccc1.C[N-]C.C[N-]C.C[N-]C.[Ti].c1cc[cH-]c1. The van der Waals surface area contributed by atoms with Crippen LogP contribution in [0.3, 0.4) is 0 Å². The van der Waals surface area contributed by atoms with Gasteiger partial charge in [-0.15, -0.1) is 0 Å². The van der Waals surface area contributed by atoms with Crippen LogP contribution in [0, 0.1) is 0 Å². The van der Waals surface area contributed by atoms with E-state index in [0.717, 1.165) is 6.42 Å². The van der Waals surface area contributed by atoms with E-state index in [4.69, 9.17) is 0 Å². The smallest absolute Gasteiger partial charge is 0 e. The van der Waals surface area contributed by atoms with Crippen LogP contribution in [-0.2, 0) is 28.1 Å². The normalized spacial score (nSPS) is 7.23. The molecule has 128 valence electrons. The van der Waals surface area contributed by atoms with E-state index < -0.39 is 0 Å². The molecule has 0 unspecified atom stereocenters. The van der Waals surface area contributed by atoms with Crippen LogP contribution >= 0.6 is 0 Å². The predicted molar refractivity (Wildman–Crippen MR) is 99.1 cm³/mol. The van der Waals surface area contributed by atoms with Crippen molar-refractivity contribution >= 4 is 0 Å². The summed E-state index contributed by atoms with van der Waals surface area (Å²) in [5.74, 6) is 0. The number of rotatable bonds is 1.